The van der Waals surface area contributed by atoms with Gasteiger partial charge in [0.2, 0.25) is 5.88 Å². The van der Waals surface area contributed by atoms with Gasteiger partial charge in [0.05, 0.1) is 5.02 Å². The summed E-state index contributed by atoms with van der Waals surface area (Å²) in [5, 5.41) is 0.433. The lowest BCUT2D eigenvalue weighted by Crippen LogP contribution is -1.97. The Balaban J connectivity index is 1.62. The molecule has 0 radical (unpaired) electrons. The molecule has 1 aromatic heterocycles. The average Bonchev–Trinajstić information content (AvgIpc) is 2.70. The number of pyridine rings is 1. The highest BCUT2D eigenvalue weighted by molar-refractivity contribution is 6.32. The Bertz CT molecular complexity index is 985. The molecule has 1 atom stereocenters. The number of ether oxygens (including phenoxy) is 2. The summed E-state index contributed by atoms with van der Waals surface area (Å²) in [6, 6.07) is 18.4. The van der Waals surface area contributed by atoms with Crippen molar-refractivity contribution in [1.82, 2.24) is 4.98 Å². The summed E-state index contributed by atoms with van der Waals surface area (Å²) >= 11 is 6.33. The Labute approximate surface area is 175 Å². The van der Waals surface area contributed by atoms with E-state index in [9.17, 15) is 4.79 Å². The number of allylic oxidation sites excluding steroid dienone is 1. The van der Waals surface area contributed by atoms with Gasteiger partial charge in [-0.15, -0.1) is 0 Å². The van der Waals surface area contributed by atoms with Crippen molar-refractivity contribution in [1.29, 1.82) is 0 Å². The van der Waals surface area contributed by atoms with Crippen LogP contribution in [0.1, 0.15) is 25.8 Å². The molecule has 4 nitrogen and oxygen atoms in total. The molecule has 0 saturated carbocycles. The molecule has 0 spiro atoms. The summed E-state index contributed by atoms with van der Waals surface area (Å²) < 4.78 is 11.5. The Morgan fingerprint density at radius 2 is 1.86 bits per heavy atom. The maximum Gasteiger partial charge on any atom is 0.219 e. The van der Waals surface area contributed by atoms with Gasteiger partial charge in [0.25, 0.3) is 0 Å². The smallest absolute Gasteiger partial charge is 0.219 e. The molecule has 2 aromatic carbocycles. The predicted molar refractivity (Wildman–Crippen MR) is 116 cm³/mol. The van der Waals surface area contributed by atoms with Crippen molar-refractivity contribution in [2.45, 2.75) is 20.3 Å². The minimum Gasteiger partial charge on any atom is -0.457 e. The van der Waals surface area contributed by atoms with E-state index >= 15 is 0 Å². The summed E-state index contributed by atoms with van der Waals surface area (Å²) in [6.45, 7) is 3.61. The normalized spacial score (nSPS) is 12.0. The van der Waals surface area contributed by atoms with Gasteiger partial charge in [-0.3, -0.25) is 0 Å². The van der Waals surface area contributed by atoms with Crippen LogP contribution in [0.2, 0.25) is 5.02 Å². The standard InChI is InChI=1S/C24H22ClNO3/c1-17(14-18(2)27)8-9-19-10-13-24(26-16-19)29-23-12-11-21(15-22(23)25)28-20-6-4-3-5-7-20/h3-13,15-17H,14H2,1-2H3/b9-8+/t17-/m0/s1. The molecule has 3 rings (SSSR count). The fourth-order valence-corrected chi connectivity index (χ4v) is 2.92. The van der Waals surface area contributed by atoms with Crippen LogP contribution in [0.5, 0.6) is 23.1 Å². The number of nitrogens with zero attached hydrogens (tertiary/aromatic N) is 1. The van der Waals surface area contributed by atoms with Crippen LogP contribution in [0.25, 0.3) is 6.08 Å². The number of para-hydroxylation sites is 1. The van der Waals surface area contributed by atoms with E-state index in [1.807, 2.05) is 55.5 Å². The second-order valence-corrected chi connectivity index (χ2v) is 7.19. The van der Waals surface area contributed by atoms with Gasteiger partial charge in [0.15, 0.2) is 0 Å². The van der Waals surface area contributed by atoms with Gasteiger partial charge in [-0.2, -0.15) is 0 Å². The molecule has 5 heteroatoms. The predicted octanol–water partition coefficient (Wildman–Crippen LogP) is 6.95. The van der Waals surface area contributed by atoms with Gasteiger partial charge in [0.1, 0.15) is 23.0 Å². The molecule has 1 heterocycles. The highest BCUT2D eigenvalue weighted by atomic mass is 35.5. The quantitative estimate of drug-likeness (QED) is 0.405. The third kappa shape index (κ3) is 6.47. The van der Waals surface area contributed by atoms with Gasteiger partial charge in [-0.05, 0) is 48.7 Å². The monoisotopic (exact) mass is 407 g/mol. The number of carbonyl (C=O) groups is 1. The summed E-state index contributed by atoms with van der Waals surface area (Å²) in [5.41, 5.74) is 0.936. The van der Waals surface area contributed by atoms with Crippen LogP contribution in [-0.4, -0.2) is 10.8 Å². The zero-order chi connectivity index (χ0) is 20.6. The van der Waals surface area contributed by atoms with Crippen LogP contribution in [0.15, 0.2) is 72.9 Å². The molecule has 0 amide bonds. The van der Waals surface area contributed by atoms with Crippen molar-refractivity contribution in [3.8, 4) is 23.1 Å². The summed E-state index contributed by atoms with van der Waals surface area (Å²) in [5.74, 6) is 2.68. The molecular weight excluding hydrogens is 386 g/mol. The van der Waals surface area contributed by atoms with E-state index in [1.165, 1.54) is 0 Å². The zero-order valence-corrected chi connectivity index (χ0v) is 17.1. The molecule has 0 aliphatic rings. The first kappa shape index (κ1) is 20.6. The first-order valence-electron chi connectivity index (χ1n) is 9.33. The maximum atomic E-state index is 11.1. The first-order valence-corrected chi connectivity index (χ1v) is 9.71. The molecule has 0 aliphatic heterocycles. The molecule has 0 bridgehead atoms. The molecule has 29 heavy (non-hydrogen) atoms. The van der Waals surface area contributed by atoms with E-state index in [1.54, 1.807) is 37.4 Å². The Hall–Kier alpha value is -3.11. The number of hydrogen-bond donors (Lipinski definition) is 0. The lowest BCUT2D eigenvalue weighted by atomic mass is 10.0. The van der Waals surface area contributed by atoms with E-state index in [2.05, 4.69) is 4.98 Å². The molecule has 0 fully saturated rings. The van der Waals surface area contributed by atoms with Crippen LogP contribution < -0.4 is 9.47 Å². The van der Waals surface area contributed by atoms with E-state index in [4.69, 9.17) is 21.1 Å². The molecule has 0 unspecified atom stereocenters. The van der Waals surface area contributed by atoms with Crippen molar-refractivity contribution in [3.05, 3.63) is 83.5 Å². The average molecular weight is 408 g/mol. The van der Waals surface area contributed by atoms with Crippen molar-refractivity contribution in [2.24, 2.45) is 5.92 Å². The van der Waals surface area contributed by atoms with E-state index < -0.39 is 0 Å². The third-order valence-electron chi connectivity index (χ3n) is 4.08. The number of halogens is 1. The maximum absolute atomic E-state index is 11.1. The first-order chi connectivity index (χ1) is 14.0. The topological polar surface area (TPSA) is 48.4 Å². The number of carbonyl (C=O) groups excluding carboxylic acids is 1. The van der Waals surface area contributed by atoms with Crippen LogP contribution >= 0.6 is 11.6 Å². The Morgan fingerprint density at radius 1 is 1.07 bits per heavy atom. The van der Waals surface area contributed by atoms with E-state index in [0.29, 0.717) is 28.8 Å². The number of ketones is 1. The molecule has 0 aliphatic carbocycles. The Kier molecular flexibility index (Phi) is 7.04. The summed E-state index contributed by atoms with van der Waals surface area (Å²) in [6.07, 6.45) is 6.20. The summed E-state index contributed by atoms with van der Waals surface area (Å²) in [4.78, 5) is 15.5. The number of rotatable bonds is 8. The minimum absolute atomic E-state index is 0.182. The largest absolute Gasteiger partial charge is 0.457 e. The number of hydrogen-bond acceptors (Lipinski definition) is 4. The number of aromatic nitrogens is 1. The van der Waals surface area contributed by atoms with Gasteiger partial charge in [-0.1, -0.05) is 48.9 Å². The third-order valence-corrected chi connectivity index (χ3v) is 4.38. The van der Waals surface area contributed by atoms with Crippen molar-refractivity contribution < 1.29 is 14.3 Å². The molecule has 148 valence electrons. The molecular formula is C24H22ClNO3. The van der Waals surface area contributed by atoms with Gasteiger partial charge >= 0.3 is 0 Å². The minimum atomic E-state index is 0.182. The fourth-order valence-electron chi connectivity index (χ4n) is 2.71. The second kappa shape index (κ2) is 9.89. The highest BCUT2D eigenvalue weighted by Gasteiger charge is 2.07. The molecule has 0 saturated heterocycles. The lowest BCUT2D eigenvalue weighted by molar-refractivity contribution is -0.117. The highest BCUT2D eigenvalue weighted by Crippen LogP contribution is 2.33. The Morgan fingerprint density at radius 3 is 2.52 bits per heavy atom. The van der Waals surface area contributed by atoms with Crippen molar-refractivity contribution in [3.63, 3.8) is 0 Å². The van der Waals surface area contributed by atoms with Crippen LogP contribution in [0.3, 0.4) is 0 Å². The van der Waals surface area contributed by atoms with Crippen LogP contribution in [-0.2, 0) is 4.79 Å². The van der Waals surface area contributed by atoms with Crippen molar-refractivity contribution in [2.75, 3.05) is 0 Å². The van der Waals surface area contributed by atoms with Crippen molar-refractivity contribution >= 4 is 23.5 Å². The van der Waals surface area contributed by atoms with Crippen LogP contribution in [0.4, 0.5) is 0 Å². The molecule has 3 aromatic rings. The van der Waals surface area contributed by atoms with E-state index in [-0.39, 0.29) is 11.7 Å². The number of benzene rings is 2. The van der Waals surface area contributed by atoms with Gasteiger partial charge in [-0.25, -0.2) is 4.98 Å². The molecule has 0 N–H and O–H groups in total. The second-order valence-electron chi connectivity index (χ2n) is 6.78. The SMILES string of the molecule is CC(=O)C[C@@H](C)/C=C/c1ccc(Oc2ccc(Oc3ccccc3)cc2Cl)nc1. The fraction of sp³-hybridized carbons (Fsp3) is 0.167. The van der Waals surface area contributed by atoms with E-state index in [0.717, 1.165) is 11.3 Å². The van der Waals surface area contributed by atoms with Gasteiger partial charge < -0.3 is 14.3 Å². The van der Waals surface area contributed by atoms with Gasteiger partial charge in [0, 0.05) is 24.8 Å². The number of Topliss-reactive ketones (excluding diaryl/α,β-unsaturated/α-hetero) is 1. The summed E-state index contributed by atoms with van der Waals surface area (Å²) in [7, 11) is 0. The zero-order valence-electron chi connectivity index (χ0n) is 16.3. The lowest BCUT2D eigenvalue weighted by Gasteiger charge is -2.10. The van der Waals surface area contributed by atoms with Crippen LogP contribution in [0, 0.1) is 5.92 Å².